The van der Waals surface area contributed by atoms with Crippen molar-refractivity contribution in [3.63, 3.8) is 0 Å². The number of hydrogen-bond acceptors (Lipinski definition) is 6. The van der Waals surface area contributed by atoms with Crippen LogP contribution in [0.2, 0.25) is 0 Å². The second-order valence-electron chi connectivity index (χ2n) is 4.30. The van der Waals surface area contributed by atoms with E-state index in [4.69, 9.17) is 15.2 Å². The first kappa shape index (κ1) is 16.1. The number of nitrogens with two attached hydrogens (primary N) is 1. The summed E-state index contributed by atoms with van der Waals surface area (Å²) < 4.78 is 22.9. The van der Waals surface area contributed by atoms with E-state index in [1.165, 1.54) is 36.0 Å². The molecule has 0 aliphatic rings. The number of primary amides is 1. The molecular formula is C14H13FN2O4S. The molecule has 1 heterocycles. The highest BCUT2D eigenvalue weighted by Gasteiger charge is 2.24. The van der Waals surface area contributed by atoms with Crippen LogP contribution in [0.5, 0.6) is 0 Å². The highest BCUT2D eigenvalue weighted by Crippen LogP contribution is 2.20. The molecule has 22 heavy (non-hydrogen) atoms. The molecule has 116 valence electrons. The van der Waals surface area contributed by atoms with Gasteiger partial charge < -0.3 is 15.2 Å². The van der Waals surface area contributed by atoms with Gasteiger partial charge >= 0.3 is 5.97 Å². The molecule has 0 saturated heterocycles. The van der Waals surface area contributed by atoms with E-state index in [1.54, 1.807) is 0 Å². The molecule has 2 aromatic rings. The molecule has 0 saturated carbocycles. The zero-order valence-corrected chi connectivity index (χ0v) is 12.4. The lowest BCUT2D eigenvalue weighted by molar-refractivity contribution is -0.127. The molecule has 1 aromatic carbocycles. The van der Waals surface area contributed by atoms with Crippen molar-refractivity contribution in [2.45, 2.75) is 12.7 Å². The van der Waals surface area contributed by atoms with E-state index in [0.717, 1.165) is 12.1 Å². The van der Waals surface area contributed by atoms with Gasteiger partial charge in [0.05, 0.1) is 6.61 Å². The van der Waals surface area contributed by atoms with Crippen molar-refractivity contribution >= 4 is 23.2 Å². The number of rotatable bonds is 6. The molecule has 1 amide bonds. The van der Waals surface area contributed by atoms with Gasteiger partial charge in [0.15, 0.2) is 5.69 Å². The first-order valence-electron chi connectivity index (χ1n) is 6.20. The Morgan fingerprint density at radius 3 is 2.64 bits per heavy atom. The number of nitrogens with zero attached hydrogens (tertiary/aromatic N) is 1. The molecule has 2 N–H and O–H groups in total. The van der Waals surface area contributed by atoms with Gasteiger partial charge in [0.1, 0.15) is 10.8 Å². The number of methoxy groups -OCH3 is 1. The normalized spacial score (nSPS) is 11.9. The van der Waals surface area contributed by atoms with Crippen molar-refractivity contribution in [3.05, 3.63) is 51.7 Å². The van der Waals surface area contributed by atoms with Gasteiger partial charge in [-0.25, -0.2) is 14.2 Å². The lowest BCUT2D eigenvalue weighted by Gasteiger charge is -2.14. The highest BCUT2D eigenvalue weighted by molar-refractivity contribution is 7.09. The smallest absolute Gasteiger partial charge is 0.358 e. The fourth-order valence-electron chi connectivity index (χ4n) is 1.69. The molecule has 1 atom stereocenters. The van der Waals surface area contributed by atoms with Gasteiger partial charge in [0.25, 0.3) is 5.91 Å². The van der Waals surface area contributed by atoms with Crippen molar-refractivity contribution in [3.8, 4) is 0 Å². The van der Waals surface area contributed by atoms with E-state index in [0.29, 0.717) is 5.01 Å². The third kappa shape index (κ3) is 3.86. The Morgan fingerprint density at radius 1 is 1.36 bits per heavy atom. The number of carbonyl (C=O) groups is 2. The number of halogens is 1. The number of thiazole rings is 1. The minimum absolute atomic E-state index is 0.0606. The maximum atomic E-state index is 12.9. The third-order valence-corrected chi connectivity index (χ3v) is 3.51. The maximum Gasteiger partial charge on any atom is 0.358 e. The van der Waals surface area contributed by atoms with Crippen molar-refractivity contribution in [1.29, 1.82) is 0 Å². The highest BCUT2D eigenvalue weighted by atomic mass is 32.1. The quantitative estimate of drug-likeness (QED) is 0.818. The van der Waals surface area contributed by atoms with Crippen molar-refractivity contribution in [1.82, 2.24) is 4.98 Å². The molecule has 2 rings (SSSR count). The van der Waals surface area contributed by atoms with E-state index in [2.05, 4.69) is 4.98 Å². The average Bonchev–Trinajstić information content (AvgIpc) is 2.94. The molecule has 1 aromatic heterocycles. The maximum absolute atomic E-state index is 12.9. The Balaban J connectivity index is 2.14. The molecule has 6 nitrogen and oxygen atoms in total. The number of amides is 1. The van der Waals surface area contributed by atoms with Gasteiger partial charge in [0, 0.05) is 18.1 Å². The number of benzene rings is 1. The molecule has 0 bridgehead atoms. The number of ether oxygens (including phenoxy) is 2. The third-order valence-electron chi connectivity index (χ3n) is 2.68. The van der Waals surface area contributed by atoms with Crippen LogP contribution in [-0.2, 0) is 20.9 Å². The van der Waals surface area contributed by atoms with Crippen LogP contribution < -0.4 is 5.73 Å². The van der Waals surface area contributed by atoms with Crippen LogP contribution in [0.1, 0.15) is 27.2 Å². The topological polar surface area (TPSA) is 91.5 Å². The number of aromatic nitrogens is 1. The zero-order chi connectivity index (χ0) is 16.1. The van der Waals surface area contributed by atoms with Gasteiger partial charge in [-0.05, 0) is 12.1 Å². The summed E-state index contributed by atoms with van der Waals surface area (Å²) >= 11 is 1.23. The minimum Gasteiger partial charge on any atom is -0.443 e. The lowest BCUT2D eigenvalue weighted by atomic mass is 10.1. The van der Waals surface area contributed by atoms with Gasteiger partial charge in [-0.3, -0.25) is 4.79 Å². The van der Waals surface area contributed by atoms with Crippen LogP contribution >= 0.6 is 11.3 Å². The van der Waals surface area contributed by atoms with Crippen LogP contribution in [0.4, 0.5) is 4.39 Å². The second-order valence-corrected chi connectivity index (χ2v) is 5.24. The van der Waals surface area contributed by atoms with Crippen LogP contribution in [0, 0.1) is 5.82 Å². The first-order chi connectivity index (χ1) is 10.5. The summed E-state index contributed by atoms with van der Waals surface area (Å²) in [7, 11) is 1.51. The van der Waals surface area contributed by atoms with Gasteiger partial charge in [0.2, 0.25) is 6.10 Å². The van der Waals surface area contributed by atoms with Crippen molar-refractivity contribution in [2.24, 2.45) is 5.73 Å². The van der Waals surface area contributed by atoms with Crippen LogP contribution in [0.25, 0.3) is 0 Å². The molecular weight excluding hydrogens is 311 g/mol. The Kier molecular flexibility index (Phi) is 5.18. The molecule has 0 aliphatic heterocycles. The number of carbonyl (C=O) groups excluding carboxylic acids is 2. The van der Waals surface area contributed by atoms with Crippen LogP contribution in [-0.4, -0.2) is 24.0 Å². The summed E-state index contributed by atoms with van der Waals surface area (Å²) in [5.41, 5.74) is 5.59. The molecule has 0 radical (unpaired) electrons. The SMILES string of the molecule is COCc1nc(C(=O)OC(C(N)=O)c2ccc(F)cc2)cs1. The van der Waals surface area contributed by atoms with Crippen LogP contribution in [0.15, 0.2) is 29.6 Å². The zero-order valence-electron chi connectivity index (χ0n) is 11.6. The molecule has 8 heteroatoms. The van der Waals surface area contributed by atoms with E-state index < -0.39 is 23.8 Å². The molecule has 0 aliphatic carbocycles. The summed E-state index contributed by atoms with van der Waals surface area (Å²) in [6.07, 6.45) is -1.30. The van der Waals surface area contributed by atoms with E-state index in [9.17, 15) is 14.0 Å². The van der Waals surface area contributed by atoms with Gasteiger partial charge in [-0.15, -0.1) is 11.3 Å². The van der Waals surface area contributed by atoms with E-state index in [1.807, 2.05) is 0 Å². The Hall–Kier alpha value is -2.32. The van der Waals surface area contributed by atoms with Gasteiger partial charge in [-0.1, -0.05) is 12.1 Å². The van der Waals surface area contributed by atoms with Crippen molar-refractivity contribution < 1.29 is 23.5 Å². The number of hydrogen-bond donors (Lipinski definition) is 1. The summed E-state index contributed by atoms with van der Waals surface area (Å²) in [6, 6.07) is 4.96. The van der Waals surface area contributed by atoms with E-state index >= 15 is 0 Å². The molecule has 0 spiro atoms. The average molecular weight is 324 g/mol. The molecule has 1 unspecified atom stereocenters. The number of esters is 1. The summed E-state index contributed by atoms with van der Waals surface area (Å²) in [6.45, 7) is 0.273. The van der Waals surface area contributed by atoms with Crippen LogP contribution in [0.3, 0.4) is 0 Å². The Morgan fingerprint density at radius 2 is 2.05 bits per heavy atom. The second kappa shape index (κ2) is 7.10. The Labute approximate surface area is 129 Å². The lowest BCUT2D eigenvalue weighted by Crippen LogP contribution is -2.26. The largest absolute Gasteiger partial charge is 0.443 e. The van der Waals surface area contributed by atoms with Crippen molar-refractivity contribution in [2.75, 3.05) is 7.11 Å². The summed E-state index contributed by atoms with van der Waals surface area (Å²) in [5, 5.41) is 2.10. The predicted molar refractivity (Wildman–Crippen MR) is 76.6 cm³/mol. The van der Waals surface area contributed by atoms with E-state index in [-0.39, 0.29) is 17.9 Å². The first-order valence-corrected chi connectivity index (χ1v) is 7.08. The fourth-order valence-corrected chi connectivity index (χ4v) is 2.42. The molecule has 0 fully saturated rings. The predicted octanol–water partition coefficient (Wildman–Crippen LogP) is 1.81. The van der Waals surface area contributed by atoms with Gasteiger partial charge in [-0.2, -0.15) is 0 Å². The fraction of sp³-hybridized carbons (Fsp3) is 0.214. The minimum atomic E-state index is -1.30. The summed E-state index contributed by atoms with van der Waals surface area (Å²) in [5.74, 6) is -2.11. The monoisotopic (exact) mass is 324 g/mol. The standard InChI is InChI=1S/C14H13FN2O4S/c1-20-6-11-17-10(7-22-11)14(19)21-12(13(16)18)8-2-4-9(15)5-3-8/h2-5,7,12H,6H2,1H3,(H2,16,18). The Bertz CT molecular complexity index is 672. The summed E-state index contributed by atoms with van der Waals surface area (Å²) in [4.78, 5) is 27.5.